The second-order valence-corrected chi connectivity index (χ2v) is 8.51. The molecule has 0 amide bonds. The zero-order chi connectivity index (χ0) is 21.9. The number of hydrogen-bond donors (Lipinski definition) is 0. The van der Waals surface area contributed by atoms with Gasteiger partial charge in [-0.25, -0.2) is 17.6 Å². The lowest BCUT2D eigenvalue weighted by Gasteiger charge is -2.19. The zero-order valence-electron chi connectivity index (χ0n) is 16.2. The predicted molar refractivity (Wildman–Crippen MR) is 111 cm³/mol. The van der Waals surface area contributed by atoms with Crippen LogP contribution in [0.5, 0.6) is 5.75 Å². The van der Waals surface area contributed by atoms with Crippen LogP contribution in [0, 0.1) is 5.82 Å². The summed E-state index contributed by atoms with van der Waals surface area (Å²) in [5.41, 5.74) is 0.947. The molecule has 0 aliphatic rings. The predicted octanol–water partition coefficient (Wildman–Crippen LogP) is 3.67. The smallest absolute Gasteiger partial charge is 0.345 e. The highest BCUT2D eigenvalue weighted by Crippen LogP contribution is 2.24. The molecule has 0 spiro atoms. The van der Waals surface area contributed by atoms with Crippen molar-refractivity contribution in [3.05, 3.63) is 95.3 Å². The summed E-state index contributed by atoms with van der Waals surface area (Å²) in [7, 11) is -2.22. The fraction of sp³-hybridized carbons (Fsp3) is 0.0909. The van der Waals surface area contributed by atoms with E-state index in [0.29, 0.717) is 11.1 Å². The standard InChI is InChI=1S/C22H18FNO5S/c1-24(30(2,27)28)20-6-4-3-5-19(20)22(26)29-18-13-9-16(10-14-18)21(25)15-7-11-17(23)12-8-15/h3-14H,1-2H3. The van der Waals surface area contributed by atoms with E-state index < -0.39 is 21.8 Å². The van der Waals surface area contributed by atoms with Gasteiger partial charge in [0.1, 0.15) is 11.6 Å². The lowest BCUT2D eigenvalue weighted by Crippen LogP contribution is -2.27. The Balaban J connectivity index is 1.79. The van der Waals surface area contributed by atoms with E-state index in [1.807, 2.05) is 0 Å². The molecule has 0 aliphatic carbocycles. The van der Waals surface area contributed by atoms with Crippen LogP contribution in [-0.4, -0.2) is 33.5 Å². The number of esters is 1. The second-order valence-electron chi connectivity index (χ2n) is 6.50. The number of carbonyl (C=O) groups is 2. The van der Waals surface area contributed by atoms with Gasteiger partial charge in [0.15, 0.2) is 5.78 Å². The number of nitrogens with zero attached hydrogens (tertiary/aromatic N) is 1. The van der Waals surface area contributed by atoms with Crippen molar-refractivity contribution < 1.29 is 27.1 Å². The summed E-state index contributed by atoms with van der Waals surface area (Å²) in [5, 5.41) is 0. The summed E-state index contributed by atoms with van der Waals surface area (Å²) < 4.78 is 43.0. The Hall–Kier alpha value is -3.52. The number of carbonyl (C=O) groups excluding carboxylic acids is 2. The highest BCUT2D eigenvalue weighted by atomic mass is 32.2. The van der Waals surface area contributed by atoms with Crippen LogP contribution in [0.15, 0.2) is 72.8 Å². The number of rotatable bonds is 6. The summed E-state index contributed by atoms with van der Waals surface area (Å²) in [4.78, 5) is 25.0. The molecule has 3 aromatic carbocycles. The van der Waals surface area contributed by atoms with Crippen molar-refractivity contribution in [2.24, 2.45) is 0 Å². The van der Waals surface area contributed by atoms with Crippen molar-refractivity contribution in [1.29, 1.82) is 0 Å². The Morgan fingerprint density at radius 3 is 1.97 bits per heavy atom. The molecule has 0 aromatic heterocycles. The molecule has 0 saturated heterocycles. The van der Waals surface area contributed by atoms with Crippen molar-refractivity contribution >= 4 is 27.5 Å². The first-order valence-corrected chi connectivity index (χ1v) is 10.7. The minimum absolute atomic E-state index is 0.0805. The van der Waals surface area contributed by atoms with Crippen LogP contribution >= 0.6 is 0 Å². The van der Waals surface area contributed by atoms with Crippen molar-refractivity contribution in [1.82, 2.24) is 0 Å². The van der Waals surface area contributed by atoms with Gasteiger partial charge in [-0.1, -0.05) is 12.1 Å². The number of anilines is 1. The van der Waals surface area contributed by atoms with E-state index >= 15 is 0 Å². The number of para-hydroxylation sites is 1. The molecule has 0 N–H and O–H groups in total. The molecule has 3 rings (SSSR count). The first kappa shape index (κ1) is 21.2. The highest BCUT2D eigenvalue weighted by molar-refractivity contribution is 7.92. The minimum atomic E-state index is -3.56. The van der Waals surface area contributed by atoms with E-state index in [-0.39, 0.29) is 22.8 Å². The molecule has 0 atom stereocenters. The molecule has 0 aliphatic heterocycles. The topological polar surface area (TPSA) is 80.8 Å². The number of hydrogen-bond acceptors (Lipinski definition) is 5. The lowest BCUT2D eigenvalue weighted by atomic mass is 10.0. The van der Waals surface area contributed by atoms with Crippen LogP contribution in [0.3, 0.4) is 0 Å². The fourth-order valence-electron chi connectivity index (χ4n) is 2.70. The fourth-order valence-corrected chi connectivity index (χ4v) is 3.22. The quantitative estimate of drug-likeness (QED) is 0.341. The molecule has 6 nitrogen and oxygen atoms in total. The first-order chi connectivity index (χ1) is 14.2. The molecule has 8 heteroatoms. The van der Waals surface area contributed by atoms with Crippen molar-refractivity contribution in [3.63, 3.8) is 0 Å². The van der Waals surface area contributed by atoms with Crippen molar-refractivity contribution in [3.8, 4) is 5.75 Å². The molecule has 154 valence electrons. The van der Waals surface area contributed by atoms with Gasteiger partial charge in [0, 0.05) is 18.2 Å². The van der Waals surface area contributed by atoms with Crippen LogP contribution in [0.25, 0.3) is 0 Å². The third-order valence-corrected chi connectivity index (χ3v) is 5.59. The van der Waals surface area contributed by atoms with E-state index in [4.69, 9.17) is 4.74 Å². The number of benzene rings is 3. The maximum absolute atomic E-state index is 13.0. The molecular weight excluding hydrogens is 409 g/mol. The van der Waals surface area contributed by atoms with E-state index in [2.05, 4.69) is 0 Å². The van der Waals surface area contributed by atoms with Gasteiger partial charge in [0.25, 0.3) is 0 Å². The van der Waals surface area contributed by atoms with Gasteiger partial charge in [-0.2, -0.15) is 0 Å². The van der Waals surface area contributed by atoms with Crippen LogP contribution in [0.1, 0.15) is 26.3 Å². The molecule has 0 radical (unpaired) electrons. The SMILES string of the molecule is CN(c1ccccc1C(=O)Oc1ccc(C(=O)c2ccc(F)cc2)cc1)S(C)(=O)=O. The Morgan fingerprint density at radius 1 is 0.867 bits per heavy atom. The van der Waals surface area contributed by atoms with E-state index in [1.54, 1.807) is 12.1 Å². The van der Waals surface area contributed by atoms with E-state index in [9.17, 15) is 22.4 Å². The molecule has 30 heavy (non-hydrogen) atoms. The first-order valence-electron chi connectivity index (χ1n) is 8.82. The van der Waals surface area contributed by atoms with Crippen molar-refractivity contribution in [2.45, 2.75) is 0 Å². The molecule has 0 saturated carbocycles. The van der Waals surface area contributed by atoms with Gasteiger partial charge in [-0.05, 0) is 60.7 Å². The molecule has 3 aromatic rings. The minimum Gasteiger partial charge on any atom is -0.423 e. The Labute approximate surface area is 173 Å². The van der Waals surface area contributed by atoms with E-state index in [0.717, 1.165) is 10.6 Å². The highest BCUT2D eigenvalue weighted by Gasteiger charge is 2.21. The second kappa shape index (κ2) is 8.46. The molecule has 0 heterocycles. The largest absolute Gasteiger partial charge is 0.423 e. The van der Waals surface area contributed by atoms with Gasteiger partial charge >= 0.3 is 5.97 Å². The van der Waals surface area contributed by atoms with Gasteiger partial charge in [0.2, 0.25) is 10.0 Å². The van der Waals surface area contributed by atoms with E-state index in [1.165, 1.54) is 67.7 Å². The van der Waals surface area contributed by atoms with Crippen LogP contribution in [0.2, 0.25) is 0 Å². The summed E-state index contributed by atoms with van der Waals surface area (Å²) in [5.74, 6) is -1.28. The summed E-state index contributed by atoms with van der Waals surface area (Å²) >= 11 is 0. The van der Waals surface area contributed by atoms with Gasteiger partial charge < -0.3 is 4.74 Å². The number of sulfonamides is 1. The van der Waals surface area contributed by atoms with Gasteiger partial charge in [0.05, 0.1) is 17.5 Å². The maximum atomic E-state index is 13.0. The average Bonchev–Trinajstić information content (AvgIpc) is 2.73. The number of ether oxygens (including phenoxy) is 1. The average molecular weight is 427 g/mol. The van der Waals surface area contributed by atoms with Gasteiger partial charge in [-0.3, -0.25) is 9.10 Å². The normalized spacial score (nSPS) is 11.0. The summed E-state index contributed by atoms with van der Waals surface area (Å²) in [6.07, 6.45) is 1.03. The van der Waals surface area contributed by atoms with Crippen LogP contribution in [0.4, 0.5) is 10.1 Å². The van der Waals surface area contributed by atoms with Crippen molar-refractivity contribution in [2.75, 3.05) is 17.6 Å². The third kappa shape index (κ3) is 4.72. The Bertz CT molecular complexity index is 1190. The Kier molecular flexibility index (Phi) is 5.98. The number of halogens is 1. The lowest BCUT2D eigenvalue weighted by molar-refractivity contribution is 0.0735. The molecule has 0 fully saturated rings. The monoisotopic (exact) mass is 427 g/mol. The Morgan fingerprint density at radius 2 is 1.40 bits per heavy atom. The molecular formula is C22H18FNO5S. The third-order valence-electron chi connectivity index (χ3n) is 4.39. The van der Waals surface area contributed by atoms with Crippen LogP contribution in [-0.2, 0) is 10.0 Å². The maximum Gasteiger partial charge on any atom is 0.345 e. The summed E-state index contributed by atoms with van der Waals surface area (Å²) in [6, 6.07) is 17.3. The van der Waals surface area contributed by atoms with Crippen LogP contribution < -0.4 is 9.04 Å². The van der Waals surface area contributed by atoms with Gasteiger partial charge in [-0.15, -0.1) is 0 Å². The molecule has 0 unspecified atom stereocenters. The molecule has 0 bridgehead atoms. The zero-order valence-corrected chi connectivity index (χ0v) is 17.0. The summed E-state index contributed by atoms with van der Waals surface area (Å²) in [6.45, 7) is 0. The number of ketones is 1.